The second-order valence-electron chi connectivity index (χ2n) is 5.60. The number of alkyl carbamates (subject to hydrolysis) is 1. The molecule has 1 N–H and O–H groups in total. The second kappa shape index (κ2) is 7.77. The molecule has 122 valence electrons. The molecule has 6 heteroatoms. The van der Waals surface area contributed by atoms with Gasteiger partial charge in [-0.15, -0.1) is 0 Å². The van der Waals surface area contributed by atoms with Crippen LogP contribution in [0.4, 0.5) is 13.6 Å². The number of halogens is 2. The first-order chi connectivity index (χ1) is 10.2. The van der Waals surface area contributed by atoms with Gasteiger partial charge in [-0.05, 0) is 39.3 Å². The van der Waals surface area contributed by atoms with Crippen molar-refractivity contribution < 1.29 is 23.0 Å². The van der Waals surface area contributed by atoms with Crippen LogP contribution in [0.5, 0.6) is 5.75 Å². The zero-order chi connectivity index (χ0) is 16.8. The molecule has 0 radical (unpaired) electrons. The lowest BCUT2D eigenvalue weighted by molar-refractivity contribution is 0.0529. The SMILES string of the molecule is COc1ccc(C=CCCNC(=O)OC(C)(C)C)c(F)c1F. The van der Waals surface area contributed by atoms with Gasteiger partial charge in [0.2, 0.25) is 5.82 Å². The summed E-state index contributed by atoms with van der Waals surface area (Å²) < 4.78 is 36.9. The lowest BCUT2D eigenvalue weighted by Crippen LogP contribution is -2.32. The van der Waals surface area contributed by atoms with Gasteiger partial charge in [0.1, 0.15) is 5.60 Å². The second-order valence-corrected chi connectivity index (χ2v) is 5.60. The number of ether oxygens (including phenoxy) is 2. The maximum absolute atomic E-state index is 13.7. The first kappa shape index (κ1) is 17.9. The van der Waals surface area contributed by atoms with Crippen LogP contribution in [-0.4, -0.2) is 25.3 Å². The summed E-state index contributed by atoms with van der Waals surface area (Å²) in [5.41, 5.74) is -0.431. The number of amides is 1. The molecule has 0 atom stereocenters. The van der Waals surface area contributed by atoms with Crippen molar-refractivity contribution in [3.05, 3.63) is 35.4 Å². The Balaban J connectivity index is 2.47. The molecule has 4 nitrogen and oxygen atoms in total. The zero-order valence-corrected chi connectivity index (χ0v) is 13.2. The first-order valence-electron chi connectivity index (χ1n) is 6.90. The van der Waals surface area contributed by atoms with Gasteiger partial charge in [-0.3, -0.25) is 0 Å². The van der Waals surface area contributed by atoms with E-state index in [4.69, 9.17) is 4.74 Å². The van der Waals surface area contributed by atoms with Crippen LogP contribution in [0.25, 0.3) is 6.08 Å². The monoisotopic (exact) mass is 313 g/mol. The third kappa shape index (κ3) is 5.71. The number of hydrogen-bond acceptors (Lipinski definition) is 3. The molecule has 22 heavy (non-hydrogen) atoms. The molecule has 0 saturated carbocycles. The smallest absolute Gasteiger partial charge is 0.407 e. The largest absolute Gasteiger partial charge is 0.494 e. The predicted octanol–water partition coefficient (Wildman–Crippen LogP) is 3.90. The lowest BCUT2D eigenvalue weighted by atomic mass is 10.1. The minimum absolute atomic E-state index is 0.121. The van der Waals surface area contributed by atoms with Gasteiger partial charge >= 0.3 is 6.09 Å². The highest BCUT2D eigenvalue weighted by Crippen LogP contribution is 2.23. The molecule has 0 heterocycles. The topological polar surface area (TPSA) is 47.6 Å². The summed E-state index contributed by atoms with van der Waals surface area (Å²) in [6.45, 7) is 5.65. The van der Waals surface area contributed by atoms with Gasteiger partial charge in [-0.2, -0.15) is 4.39 Å². The molecule has 0 aromatic heterocycles. The summed E-state index contributed by atoms with van der Waals surface area (Å²) >= 11 is 0. The molecule has 0 fully saturated rings. The molecule has 0 aliphatic carbocycles. The van der Waals surface area contributed by atoms with Crippen molar-refractivity contribution in [1.82, 2.24) is 5.32 Å². The van der Waals surface area contributed by atoms with Gasteiger partial charge in [0.25, 0.3) is 0 Å². The van der Waals surface area contributed by atoms with Gasteiger partial charge in [0.15, 0.2) is 11.6 Å². The fraction of sp³-hybridized carbons (Fsp3) is 0.438. The molecule has 0 bridgehead atoms. The fourth-order valence-corrected chi connectivity index (χ4v) is 1.62. The standard InChI is InChI=1S/C16H21F2NO3/c1-16(2,3)22-15(20)19-10-6-5-7-11-8-9-12(21-4)14(18)13(11)17/h5,7-9H,6,10H2,1-4H3,(H,19,20). The van der Waals surface area contributed by atoms with E-state index in [1.807, 2.05) is 0 Å². The van der Waals surface area contributed by atoms with Crippen molar-refractivity contribution in [3.8, 4) is 5.75 Å². The third-order valence-electron chi connectivity index (χ3n) is 2.57. The van der Waals surface area contributed by atoms with Crippen molar-refractivity contribution in [2.75, 3.05) is 13.7 Å². The van der Waals surface area contributed by atoms with Crippen LogP contribution in [0.3, 0.4) is 0 Å². The average Bonchev–Trinajstić information content (AvgIpc) is 2.41. The Hall–Kier alpha value is -2.11. The molecule has 1 aromatic rings. The van der Waals surface area contributed by atoms with Crippen LogP contribution >= 0.6 is 0 Å². The number of hydrogen-bond donors (Lipinski definition) is 1. The summed E-state index contributed by atoms with van der Waals surface area (Å²) in [6.07, 6.45) is 3.05. The van der Waals surface area contributed by atoms with Crippen LogP contribution in [-0.2, 0) is 4.74 Å². The zero-order valence-electron chi connectivity index (χ0n) is 13.2. The maximum Gasteiger partial charge on any atom is 0.407 e. The molecule has 1 aromatic carbocycles. The van der Waals surface area contributed by atoms with Gasteiger partial charge in [0.05, 0.1) is 7.11 Å². The van der Waals surface area contributed by atoms with E-state index in [9.17, 15) is 13.6 Å². The number of carbonyl (C=O) groups excluding carboxylic acids is 1. The van der Waals surface area contributed by atoms with Crippen LogP contribution < -0.4 is 10.1 Å². The van der Waals surface area contributed by atoms with E-state index < -0.39 is 23.3 Å². The maximum atomic E-state index is 13.7. The van der Waals surface area contributed by atoms with Crippen LogP contribution in [0.2, 0.25) is 0 Å². The Morgan fingerprint density at radius 1 is 1.27 bits per heavy atom. The van der Waals surface area contributed by atoms with E-state index in [0.29, 0.717) is 13.0 Å². The predicted molar refractivity (Wildman–Crippen MR) is 80.8 cm³/mol. The van der Waals surface area contributed by atoms with Crippen LogP contribution in [0.15, 0.2) is 18.2 Å². The van der Waals surface area contributed by atoms with E-state index in [2.05, 4.69) is 10.1 Å². The van der Waals surface area contributed by atoms with E-state index >= 15 is 0 Å². The summed E-state index contributed by atoms with van der Waals surface area (Å²) in [5, 5.41) is 2.57. The summed E-state index contributed by atoms with van der Waals surface area (Å²) in [7, 11) is 1.27. The first-order valence-corrected chi connectivity index (χ1v) is 6.90. The van der Waals surface area contributed by atoms with E-state index in [1.54, 1.807) is 26.8 Å². The minimum Gasteiger partial charge on any atom is -0.494 e. The fourth-order valence-electron chi connectivity index (χ4n) is 1.62. The number of methoxy groups -OCH3 is 1. The quantitative estimate of drug-likeness (QED) is 0.839. The van der Waals surface area contributed by atoms with E-state index in [-0.39, 0.29) is 11.3 Å². The highest BCUT2D eigenvalue weighted by atomic mass is 19.2. The van der Waals surface area contributed by atoms with Crippen molar-refractivity contribution in [1.29, 1.82) is 0 Å². The van der Waals surface area contributed by atoms with Crippen molar-refractivity contribution >= 4 is 12.2 Å². The molecule has 0 saturated heterocycles. The Kier molecular flexibility index (Phi) is 6.34. The van der Waals surface area contributed by atoms with Crippen LogP contribution in [0, 0.1) is 11.6 Å². The Labute approximate surface area is 129 Å². The number of rotatable bonds is 5. The molecule has 1 amide bonds. The van der Waals surface area contributed by atoms with Crippen molar-refractivity contribution in [2.24, 2.45) is 0 Å². The van der Waals surface area contributed by atoms with E-state index in [1.165, 1.54) is 25.3 Å². The molecule has 0 aliphatic heterocycles. The summed E-state index contributed by atoms with van der Waals surface area (Å²) in [6, 6.07) is 2.78. The summed E-state index contributed by atoms with van der Waals surface area (Å²) in [4.78, 5) is 11.4. The Morgan fingerprint density at radius 3 is 2.55 bits per heavy atom. The lowest BCUT2D eigenvalue weighted by Gasteiger charge is -2.19. The number of nitrogens with one attached hydrogen (secondary N) is 1. The van der Waals surface area contributed by atoms with Gasteiger partial charge in [-0.1, -0.05) is 12.2 Å². The molecule has 1 rings (SSSR count). The van der Waals surface area contributed by atoms with Gasteiger partial charge in [-0.25, -0.2) is 9.18 Å². The highest BCUT2D eigenvalue weighted by Gasteiger charge is 2.15. The van der Waals surface area contributed by atoms with Gasteiger partial charge in [0, 0.05) is 12.1 Å². The molecule has 0 aliphatic rings. The minimum atomic E-state index is -1.02. The number of benzene rings is 1. The van der Waals surface area contributed by atoms with Crippen molar-refractivity contribution in [3.63, 3.8) is 0 Å². The Morgan fingerprint density at radius 2 is 1.95 bits per heavy atom. The molecule has 0 spiro atoms. The van der Waals surface area contributed by atoms with Crippen molar-refractivity contribution in [2.45, 2.75) is 32.8 Å². The molecular formula is C16H21F2NO3. The highest BCUT2D eigenvalue weighted by molar-refractivity contribution is 5.67. The van der Waals surface area contributed by atoms with Gasteiger partial charge < -0.3 is 14.8 Å². The summed E-state index contributed by atoms with van der Waals surface area (Å²) in [5.74, 6) is -2.12. The number of carbonyl (C=O) groups is 1. The third-order valence-corrected chi connectivity index (χ3v) is 2.57. The molecular weight excluding hydrogens is 292 g/mol. The normalized spacial score (nSPS) is 11.5. The average molecular weight is 313 g/mol. The molecule has 0 unspecified atom stereocenters. The van der Waals surface area contributed by atoms with E-state index in [0.717, 1.165) is 0 Å². The Bertz CT molecular complexity index is 551. The van der Waals surface area contributed by atoms with Crippen LogP contribution in [0.1, 0.15) is 32.8 Å².